The molecular weight excluding hydrogens is 288 g/mol. The van der Waals surface area contributed by atoms with Gasteiger partial charge in [-0.15, -0.1) is 0 Å². The van der Waals surface area contributed by atoms with Crippen molar-refractivity contribution in [1.82, 2.24) is 5.32 Å². The molecule has 0 radical (unpaired) electrons. The Labute approximate surface area is 129 Å². The smallest absolute Gasteiger partial charge is 0.319 e. The van der Waals surface area contributed by atoms with Crippen molar-refractivity contribution in [3.05, 3.63) is 59.1 Å². The maximum absolute atomic E-state index is 11.7. The molecule has 4 nitrogen and oxygen atoms in total. The van der Waals surface area contributed by atoms with Crippen LogP contribution in [0.3, 0.4) is 0 Å². The normalized spacial score (nSPS) is 10.0. The van der Waals surface area contributed by atoms with Gasteiger partial charge in [0.25, 0.3) is 0 Å². The fourth-order valence-corrected chi connectivity index (χ4v) is 1.95. The molecule has 0 fully saturated rings. The van der Waals surface area contributed by atoms with E-state index in [9.17, 15) is 4.79 Å². The van der Waals surface area contributed by atoms with Crippen molar-refractivity contribution < 1.29 is 9.53 Å². The van der Waals surface area contributed by atoms with Crippen LogP contribution in [0, 0.1) is 6.92 Å². The third-order valence-corrected chi connectivity index (χ3v) is 3.08. The Balaban J connectivity index is 1.71. The summed E-state index contributed by atoms with van der Waals surface area (Å²) in [4.78, 5) is 11.7. The van der Waals surface area contributed by atoms with Crippen LogP contribution in [-0.4, -0.2) is 19.2 Å². The second-order valence-electron chi connectivity index (χ2n) is 4.50. The van der Waals surface area contributed by atoms with E-state index in [2.05, 4.69) is 10.6 Å². The SMILES string of the molecule is Cc1ccccc1NC(=O)NCCOc1cccc(Cl)c1. The first-order valence-electron chi connectivity index (χ1n) is 6.64. The summed E-state index contributed by atoms with van der Waals surface area (Å²) < 4.78 is 5.48. The van der Waals surface area contributed by atoms with Crippen LogP contribution in [0.15, 0.2) is 48.5 Å². The summed E-state index contributed by atoms with van der Waals surface area (Å²) in [6, 6.07) is 14.5. The van der Waals surface area contributed by atoms with Gasteiger partial charge in [-0.05, 0) is 36.8 Å². The summed E-state index contributed by atoms with van der Waals surface area (Å²) in [6.07, 6.45) is 0. The number of benzene rings is 2. The van der Waals surface area contributed by atoms with E-state index >= 15 is 0 Å². The number of ether oxygens (including phenoxy) is 1. The van der Waals surface area contributed by atoms with Crippen molar-refractivity contribution in [1.29, 1.82) is 0 Å². The average Bonchev–Trinajstić information content (AvgIpc) is 2.46. The summed E-state index contributed by atoms with van der Waals surface area (Å²) in [5.74, 6) is 0.684. The molecule has 0 aliphatic rings. The standard InChI is InChI=1S/C16H17ClN2O2/c1-12-5-2-3-8-15(12)19-16(20)18-9-10-21-14-7-4-6-13(17)11-14/h2-8,11H,9-10H2,1H3,(H2,18,19,20). The Morgan fingerprint density at radius 1 is 1.19 bits per heavy atom. The van der Waals surface area contributed by atoms with Crippen LogP contribution in [0.1, 0.15) is 5.56 Å². The maximum Gasteiger partial charge on any atom is 0.319 e. The van der Waals surface area contributed by atoms with E-state index in [0.717, 1.165) is 11.3 Å². The fraction of sp³-hybridized carbons (Fsp3) is 0.188. The van der Waals surface area contributed by atoms with Crippen molar-refractivity contribution in [2.45, 2.75) is 6.92 Å². The monoisotopic (exact) mass is 304 g/mol. The minimum atomic E-state index is -0.251. The molecule has 21 heavy (non-hydrogen) atoms. The Morgan fingerprint density at radius 2 is 2.00 bits per heavy atom. The first-order chi connectivity index (χ1) is 10.1. The van der Waals surface area contributed by atoms with Crippen LogP contribution in [-0.2, 0) is 0 Å². The molecule has 2 aromatic rings. The van der Waals surface area contributed by atoms with Gasteiger partial charge in [0.1, 0.15) is 12.4 Å². The van der Waals surface area contributed by atoms with E-state index in [1.807, 2.05) is 43.3 Å². The van der Waals surface area contributed by atoms with Crippen molar-refractivity contribution in [3.8, 4) is 5.75 Å². The van der Waals surface area contributed by atoms with E-state index in [0.29, 0.717) is 23.9 Å². The maximum atomic E-state index is 11.7. The second kappa shape index (κ2) is 7.55. The highest BCUT2D eigenvalue weighted by molar-refractivity contribution is 6.30. The largest absolute Gasteiger partial charge is 0.492 e. The van der Waals surface area contributed by atoms with E-state index in [4.69, 9.17) is 16.3 Å². The number of anilines is 1. The second-order valence-corrected chi connectivity index (χ2v) is 4.94. The third-order valence-electron chi connectivity index (χ3n) is 2.85. The number of amides is 2. The van der Waals surface area contributed by atoms with Gasteiger partial charge in [-0.2, -0.15) is 0 Å². The van der Waals surface area contributed by atoms with E-state index in [1.165, 1.54) is 0 Å². The zero-order chi connectivity index (χ0) is 15.1. The Morgan fingerprint density at radius 3 is 2.76 bits per heavy atom. The zero-order valence-corrected chi connectivity index (χ0v) is 12.5. The van der Waals surface area contributed by atoms with Crippen LogP contribution in [0.25, 0.3) is 0 Å². The van der Waals surface area contributed by atoms with Gasteiger partial charge in [-0.3, -0.25) is 0 Å². The summed E-state index contributed by atoms with van der Waals surface area (Å²) in [7, 11) is 0. The summed E-state index contributed by atoms with van der Waals surface area (Å²) >= 11 is 5.85. The van der Waals surface area contributed by atoms with Gasteiger partial charge in [-0.1, -0.05) is 35.9 Å². The summed E-state index contributed by atoms with van der Waals surface area (Å²) in [5.41, 5.74) is 1.81. The number of halogens is 1. The predicted octanol–water partition coefficient (Wildman–Crippen LogP) is 3.85. The van der Waals surface area contributed by atoms with Crippen molar-refractivity contribution in [2.24, 2.45) is 0 Å². The molecule has 0 heterocycles. The van der Waals surface area contributed by atoms with Gasteiger partial charge in [-0.25, -0.2) is 4.79 Å². The molecule has 0 spiro atoms. The van der Waals surface area contributed by atoms with Crippen molar-refractivity contribution in [2.75, 3.05) is 18.5 Å². The first kappa shape index (κ1) is 15.2. The highest BCUT2D eigenvalue weighted by Gasteiger charge is 2.03. The average molecular weight is 305 g/mol. The number of aryl methyl sites for hydroxylation is 1. The molecule has 2 rings (SSSR count). The van der Waals surface area contributed by atoms with E-state index in [-0.39, 0.29) is 6.03 Å². The fourth-order valence-electron chi connectivity index (χ4n) is 1.77. The molecular formula is C16H17ClN2O2. The van der Waals surface area contributed by atoms with Gasteiger partial charge in [0.05, 0.1) is 6.54 Å². The molecule has 0 saturated carbocycles. The van der Waals surface area contributed by atoms with Crippen LogP contribution in [0.4, 0.5) is 10.5 Å². The Bertz CT molecular complexity index is 617. The number of para-hydroxylation sites is 1. The lowest BCUT2D eigenvalue weighted by atomic mass is 10.2. The Kier molecular flexibility index (Phi) is 5.46. The summed E-state index contributed by atoms with van der Waals surface area (Å²) in [6.45, 7) is 2.73. The number of carbonyl (C=O) groups excluding carboxylic acids is 1. The van der Waals surface area contributed by atoms with Crippen LogP contribution < -0.4 is 15.4 Å². The molecule has 5 heteroatoms. The molecule has 0 bridgehead atoms. The van der Waals surface area contributed by atoms with E-state index in [1.54, 1.807) is 12.1 Å². The molecule has 0 saturated heterocycles. The number of urea groups is 1. The molecule has 0 atom stereocenters. The third kappa shape index (κ3) is 5.00. The predicted molar refractivity (Wildman–Crippen MR) is 85.1 cm³/mol. The van der Waals surface area contributed by atoms with Gasteiger partial charge in [0.2, 0.25) is 0 Å². The minimum Gasteiger partial charge on any atom is -0.492 e. The lowest BCUT2D eigenvalue weighted by Gasteiger charge is -2.10. The van der Waals surface area contributed by atoms with Crippen LogP contribution in [0.5, 0.6) is 5.75 Å². The number of hydrogen-bond acceptors (Lipinski definition) is 2. The quantitative estimate of drug-likeness (QED) is 0.824. The van der Waals surface area contributed by atoms with Gasteiger partial charge >= 0.3 is 6.03 Å². The van der Waals surface area contributed by atoms with E-state index < -0.39 is 0 Å². The number of carbonyl (C=O) groups is 1. The molecule has 2 aromatic carbocycles. The molecule has 2 amide bonds. The highest BCUT2D eigenvalue weighted by Crippen LogP contribution is 2.16. The van der Waals surface area contributed by atoms with Gasteiger partial charge in [0, 0.05) is 10.7 Å². The Hall–Kier alpha value is -2.20. The highest BCUT2D eigenvalue weighted by atomic mass is 35.5. The molecule has 0 aromatic heterocycles. The molecule has 2 N–H and O–H groups in total. The number of rotatable bonds is 5. The number of nitrogens with one attached hydrogen (secondary N) is 2. The number of hydrogen-bond donors (Lipinski definition) is 2. The molecule has 0 unspecified atom stereocenters. The first-order valence-corrected chi connectivity index (χ1v) is 7.02. The molecule has 0 aliphatic heterocycles. The zero-order valence-electron chi connectivity index (χ0n) is 11.7. The molecule has 0 aliphatic carbocycles. The lowest BCUT2D eigenvalue weighted by molar-refractivity contribution is 0.247. The van der Waals surface area contributed by atoms with Crippen molar-refractivity contribution in [3.63, 3.8) is 0 Å². The van der Waals surface area contributed by atoms with Gasteiger partial charge in [0.15, 0.2) is 0 Å². The van der Waals surface area contributed by atoms with Crippen molar-refractivity contribution >= 4 is 23.3 Å². The topological polar surface area (TPSA) is 50.4 Å². The van der Waals surface area contributed by atoms with Gasteiger partial charge < -0.3 is 15.4 Å². The van der Waals surface area contributed by atoms with Crippen LogP contribution >= 0.6 is 11.6 Å². The lowest BCUT2D eigenvalue weighted by Crippen LogP contribution is -2.32. The molecule has 110 valence electrons. The minimum absolute atomic E-state index is 0.251. The van der Waals surface area contributed by atoms with Crippen LogP contribution in [0.2, 0.25) is 5.02 Å². The summed E-state index contributed by atoms with van der Waals surface area (Å²) in [5, 5.41) is 6.15.